The van der Waals surface area contributed by atoms with Gasteiger partial charge in [0.25, 0.3) is 0 Å². The first kappa shape index (κ1) is 13.6. The Morgan fingerprint density at radius 2 is 1.67 bits per heavy atom. The van der Waals surface area contributed by atoms with Crippen LogP contribution in [0, 0.1) is 0 Å². The zero-order valence-electron chi connectivity index (χ0n) is 11.7. The molecule has 0 radical (unpaired) electrons. The second-order valence-electron chi connectivity index (χ2n) is 5.16. The number of hydrogen-bond acceptors (Lipinski definition) is 3. The van der Waals surface area contributed by atoms with Crippen molar-refractivity contribution < 1.29 is 14.6 Å². The van der Waals surface area contributed by atoms with Crippen molar-refractivity contribution in [3.63, 3.8) is 0 Å². The lowest BCUT2D eigenvalue weighted by Gasteiger charge is -2.23. The van der Waals surface area contributed by atoms with Gasteiger partial charge in [-0.15, -0.1) is 0 Å². The predicted octanol–water partition coefficient (Wildman–Crippen LogP) is 2.96. The van der Waals surface area contributed by atoms with E-state index < -0.39 is 11.9 Å². The number of aliphatic carboxylic acids is 1. The van der Waals surface area contributed by atoms with Gasteiger partial charge in [-0.2, -0.15) is 0 Å². The van der Waals surface area contributed by atoms with E-state index in [1.54, 1.807) is 0 Å². The summed E-state index contributed by atoms with van der Waals surface area (Å²) >= 11 is 0. The number of carboxylic acid groups (broad SMARTS) is 1. The van der Waals surface area contributed by atoms with E-state index in [2.05, 4.69) is 5.32 Å². The summed E-state index contributed by atoms with van der Waals surface area (Å²) in [6.45, 7) is 0.575. The minimum Gasteiger partial charge on any atom is -0.481 e. The standard InChI is InChI=1S/C17H17NO3/c1-18-10-13-11-6-2-4-8-14(11)21-15-9-5-3-7-12(15)16(13)17(19)20/h2-9,13,16,18H,10H2,1H3,(H,19,20)/t13-,16+/m0/s1. The van der Waals surface area contributed by atoms with Crippen molar-refractivity contribution in [2.45, 2.75) is 11.8 Å². The maximum Gasteiger partial charge on any atom is 0.311 e. The molecule has 21 heavy (non-hydrogen) atoms. The molecule has 0 aliphatic carbocycles. The van der Waals surface area contributed by atoms with Crippen molar-refractivity contribution >= 4 is 5.97 Å². The van der Waals surface area contributed by atoms with E-state index in [9.17, 15) is 9.90 Å². The highest BCUT2D eigenvalue weighted by molar-refractivity contribution is 5.79. The molecule has 2 aromatic rings. The molecule has 2 atom stereocenters. The second kappa shape index (κ2) is 5.58. The Morgan fingerprint density at radius 3 is 2.29 bits per heavy atom. The van der Waals surface area contributed by atoms with Crippen LogP contribution in [0.1, 0.15) is 23.0 Å². The zero-order valence-corrected chi connectivity index (χ0v) is 11.7. The Bertz CT molecular complexity index is 669. The summed E-state index contributed by atoms with van der Waals surface area (Å²) < 4.78 is 5.97. The number of nitrogens with one attached hydrogen (secondary N) is 1. The summed E-state index contributed by atoms with van der Waals surface area (Å²) in [5.41, 5.74) is 1.65. The molecular weight excluding hydrogens is 266 g/mol. The van der Waals surface area contributed by atoms with E-state index in [1.807, 2.05) is 55.6 Å². The highest BCUT2D eigenvalue weighted by Crippen LogP contribution is 2.45. The molecule has 108 valence electrons. The first-order valence-electron chi connectivity index (χ1n) is 6.95. The van der Waals surface area contributed by atoms with E-state index in [-0.39, 0.29) is 5.92 Å². The first-order valence-corrected chi connectivity index (χ1v) is 6.95. The number of likely N-dealkylation sites (N-methyl/N-ethyl adjacent to an activating group) is 1. The van der Waals surface area contributed by atoms with Crippen LogP contribution in [0.4, 0.5) is 0 Å². The van der Waals surface area contributed by atoms with Gasteiger partial charge in [0.2, 0.25) is 0 Å². The van der Waals surface area contributed by atoms with Crippen LogP contribution in [0.2, 0.25) is 0 Å². The fourth-order valence-corrected chi connectivity index (χ4v) is 2.98. The maximum atomic E-state index is 11.9. The van der Waals surface area contributed by atoms with E-state index in [0.29, 0.717) is 12.3 Å². The molecule has 2 aromatic carbocycles. The lowest BCUT2D eigenvalue weighted by molar-refractivity contribution is -0.139. The van der Waals surface area contributed by atoms with Crippen LogP contribution >= 0.6 is 0 Å². The molecular formula is C17H17NO3. The molecule has 1 aliphatic rings. The average molecular weight is 283 g/mol. The normalized spacial score (nSPS) is 19.9. The average Bonchev–Trinajstić information content (AvgIpc) is 2.62. The minimum absolute atomic E-state index is 0.174. The number of ether oxygens (including phenoxy) is 1. The van der Waals surface area contributed by atoms with Crippen LogP contribution in [0.15, 0.2) is 48.5 Å². The van der Waals surface area contributed by atoms with Crippen molar-refractivity contribution in [2.75, 3.05) is 13.6 Å². The van der Waals surface area contributed by atoms with Crippen molar-refractivity contribution in [2.24, 2.45) is 0 Å². The van der Waals surface area contributed by atoms with E-state index >= 15 is 0 Å². The molecule has 0 bridgehead atoms. The van der Waals surface area contributed by atoms with Gasteiger partial charge in [-0.05, 0) is 19.2 Å². The van der Waals surface area contributed by atoms with Gasteiger partial charge in [0.1, 0.15) is 11.5 Å². The Labute approximate surface area is 123 Å². The lowest BCUT2D eigenvalue weighted by Crippen LogP contribution is -2.27. The van der Waals surface area contributed by atoms with Gasteiger partial charge >= 0.3 is 5.97 Å². The fraction of sp³-hybridized carbons (Fsp3) is 0.235. The molecule has 1 aliphatic heterocycles. The highest BCUT2D eigenvalue weighted by Gasteiger charge is 2.36. The molecule has 0 aromatic heterocycles. The predicted molar refractivity (Wildman–Crippen MR) is 80.0 cm³/mol. The molecule has 2 N–H and O–H groups in total. The van der Waals surface area contributed by atoms with Gasteiger partial charge in [-0.1, -0.05) is 36.4 Å². The number of rotatable bonds is 3. The third-order valence-corrected chi connectivity index (χ3v) is 3.88. The molecule has 3 rings (SSSR count). The summed E-state index contributed by atoms with van der Waals surface area (Å²) in [6, 6.07) is 15.0. The van der Waals surface area contributed by atoms with Crippen LogP contribution in [-0.2, 0) is 4.79 Å². The number of carboxylic acids is 1. The number of fused-ring (bicyclic) bond motifs is 2. The fourth-order valence-electron chi connectivity index (χ4n) is 2.98. The molecule has 0 unspecified atom stereocenters. The number of hydrogen-bond donors (Lipinski definition) is 2. The second-order valence-corrected chi connectivity index (χ2v) is 5.16. The van der Waals surface area contributed by atoms with E-state index in [4.69, 9.17) is 4.74 Å². The first-order chi connectivity index (χ1) is 10.2. The third kappa shape index (κ3) is 2.38. The highest BCUT2D eigenvalue weighted by atomic mass is 16.5. The quantitative estimate of drug-likeness (QED) is 0.909. The number of benzene rings is 2. The zero-order chi connectivity index (χ0) is 14.8. The van der Waals surface area contributed by atoms with Crippen molar-refractivity contribution in [1.29, 1.82) is 0 Å². The molecule has 0 fully saturated rings. The van der Waals surface area contributed by atoms with Gasteiger partial charge in [-0.25, -0.2) is 0 Å². The molecule has 0 saturated heterocycles. The largest absolute Gasteiger partial charge is 0.481 e. The maximum absolute atomic E-state index is 11.9. The Hall–Kier alpha value is -2.33. The third-order valence-electron chi connectivity index (χ3n) is 3.88. The van der Waals surface area contributed by atoms with Gasteiger partial charge in [0.15, 0.2) is 0 Å². The summed E-state index contributed by atoms with van der Waals surface area (Å²) in [5.74, 6) is -0.280. The van der Waals surface area contributed by atoms with Gasteiger partial charge in [-0.3, -0.25) is 4.79 Å². The lowest BCUT2D eigenvalue weighted by atomic mass is 9.81. The Morgan fingerprint density at radius 1 is 1.10 bits per heavy atom. The number of para-hydroxylation sites is 2. The molecule has 0 amide bonds. The number of carbonyl (C=O) groups is 1. The van der Waals surface area contributed by atoms with Crippen molar-refractivity contribution in [3.05, 3.63) is 59.7 Å². The van der Waals surface area contributed by atoms with Crippen molar-refractivity contribution in [1.82, 2.24) is 5.32 Å². The molecule has 0 spiro atoms. The Balaban J connectivity index is 2.22. The van der Waals surface area contributed by atoms with Gasteiger partial charge in [0, 0.05) is 23.6 Å². The Kier molecular flexibility index (Phi) is 3.62. The van der Waals surface area contributed by atoms with E-state index in [0.717, 1.165) is 16.9 Å². The SMILES string of the molecule is CNC[C@H]1c2ccccc2Oc2ccccc2[C@H]1C(=O)O. The van der Waals surface area contributed by atoms with Crippen LogP contribution < -0.4 is 10.1 Å². The smallest absolute Gasteiger partial charge is 0.311 e. The van der Waals surface area contributed by atoms with Crippen molar-refractivity contribution in [3.8, 4) is 11.5 Å². The summed E-state index contributed by atoms with van der Waals surface area (Å²) in [5, 5.41) is 12.9. The van der Waals surface area contributed by atoms with Crippen LogP contribution in [-0.4, -0.2) is 24.7 Å². The van der Waals surface area contributed by atoms with Gasteiger partial charge in [0.05, 0.1) is 5.92 Å². The van der Waals surface area contributed by atoms with E-state index in [1.165, 1.54) is 0 Å². The summed E-state index contributed by atoms with van der Waals surface area (Å²) in [4.78, 5) is 11.9. The monoisotopic (exact) mass is 283 g/mol. The van der Waals surface area contributed by atoms with Crippen LogP contribution in [0.3, 0.4) is 0 Å². The molecule has 4 nitrogen and oxygen atoms in total. The molecule has 4 heteroatoms. The summed E-state index contributed by atoms with van der Waals surface area (Å²) in [7, 11) is 1.83. The van der Waals surface area contributed by atoms with Crippen LogP contribution in [0.5, 0.6) is 11.5 Å². The van der Waals surface area contributed by atoms with Gasteiger partial charge < -0.3 is 15.2 Å². The summed E-state index contributed by atoms with van der Waals surface area (Å²) in [6.07, 6.45) is 0. The molecule has 0 saturated carbocycles. The minimum atomic E-state index is -0.831. The van der Waals surface area contributed by atoms with Crippen LogP contribution in [0.25, 0.3) is 0 Å². The topological polar surface area (TPSA) is 58.6 Å². The molecule has 1 heterocycles.